The van der Waals surface area contributed by atoms with Gasteiger partial charge in [-0.15, -0.1) is 0 Å². The number of aromatic nitrogens is 2. The van der Waals surface area contributed by atoms with Crippen LogP contribution >= 0.6 is 0 Å². The molecule has 0 bridgehead atoms. The molecule has 4 nitrogen and oxygen atoms in total. The van der Waals surface area contributed by atoms with E-state index in [1.54, 1.807) is 0 Å². The fourth-order valence-corrected chi connectivity index (χ4v) is 2.92. The van der Waals surface area contributed by atoms with E-state index in [-0.39, 0.29) is 0 Å². The zero-order chi connectivity index (χ0) is 15.2. The standard InChI is InChI=1S/C17H30N4/c1-5-10-18-15-11-16(20-17(19-15)13(2)3)21(4)12-14-8-6-7-9-14/h11,13-14H,5-10,12H2,1-4H3,(H,18,19,20). The fourth-order valence-electron chi connectivity index (χ4n) is 2.92. The van der Waals surface area contributed by atoms with E-state index in [4.69, 9.17) is 4.98 Å². The van der Waals surface area contributed by atoms with Crippen LogP contribution in [0.15, 0.2) is 6.07 Å². The molecule has 0 amide bonds. The van der Waals surface area contributed by atoms with Crippen molar-refractivity contribution in [3.05, 3.63) is 11.9 Å². The third kappa shape index (κ3) is 4.58. The minimum Gasteiger partial charge on any atom is -0.370 e. The van der Waals surface area contributed by atoms with Crippen LogP contribution in [-0.2, 0) is 0 Å². The van der Waals surface area contributed by atoms with Crippen LogP contribution in [0.5, 0.6) is 0 Å². The molecule has 0 atom stereocenters. The topological polar surface area (TPSA) is 41.0 Å². The highest BCUT2D eigenvalue weighted by atomic mass is 15.2. The maximum absolute atomic E-state index is 4.76. The van der Waals surface area contributed by atoms with Gasteiger partial charge >= 0.3 is 0 Å². The normalized spacial score (nSPS) is 15.7. The first-order valence-corrected chi connectivity index (χ1v) is 8.44. The maximum atomic E-state index is 4.76. The summed E-state index contributed by atoms with van der Waals surface area (Å²) in [7, 11) is 2.16. The second kappa shape index (κ2) is 7.62. The first-order valence-electron chi connectivity index (χ1n) is 8.44. The Kier molecular flexibility index (Phi) is 5.83. The molecule has 1 aliphatic rings. The van der Waals surface area contributed by atoms with Crippen molar-refractivity contribution in [2.24, 2.45) is 5.92 Å². The quantitative estimate of drug-likeness (QED) is 0.822. The van der Waals surface area contributed by atoms with Gasteiger partial charge < -0.3 is 10.2 Å². The fraction of sp³-hybridized carbons (Fsp3) is 0.765. The monoisotopic (exact) mass is 290 g/mol. The highest BCUT2D eigenvalue weighted by Crippen LogP contribution is 2.27. The van der Waals surface area contributed by atoms with Gasteiger partial charge in [-0.2, -0.15) is 0 Å². The summed E-state index contributed by atoms with van der Waals surface area (Å²) in [5.74, 6) is 4.14. The third-order valence-corrected chi connectivity index (χ3v) is 4.20. The van der Waals surface area contributed by atoms with Crippen LogP contribution in [-0.4, -0.2) is 30.1 Å². The van der Waals surface area contributed by atoms with Crippen molar-refractivity contribution in [3.8, 4) is 0 Å². The molecule has 0 saturated heterocycles. The summed E-state index contributed by atoms with van der Waals surface area (Å²) in [5, 5.41) is 3.40. The van der Waals surface area contributed by atoms with E-state index in [1.807, 2.05) is 0 Å². The van der Waals surface area contributed by atoms with Crippen LogP contribution in [0.25, 0.3) is 0 Å². The van der Waals surface area contributed by atoms with Gasteiger partial charge in [0.15, 0.2) is 0 Å². The summed E-state index contributed by atoms with van der Waals surface area (Å²) >= 11 is 0. The van der Waals surface area contributed by atoms with Crippen molar-refractivity contribution in [3.63, 3.8) is 0 Å². The zero-order valence-corrected chi connectivity index (χ0v) is 14.0. The maximum Gasteiger partial charge on any atom is 0.135 e. The Bertz CT molecular complexity index is 438. The number of nitrogens with zero attached hydrogens (tertiary/aromatic N) is 3. The minimum atomic E-state index is 0.354. The lowest BCUT2D eigenvalue weighted by molar-refractivity contribution is 0.544. The second-order valence-electron chi connectivity index (χ2n) is 6.58. The van der Waals surface area contributed by atoms with E-state index in [2.05, 4.69) is 49.1 Å². The van der Waals surface area contributed by atoms with Crippen LogP contribution in [0.4, 0.5) is 11.6 Å². The molecule has 0 unspecified atom stereocenters. The molecule has 0 aliphatic heterocycles. The second-order valence-corrected chi connectivity index (χ2v) is 6.58. The first-order chi connectivity index (χ1) is 10.1. The Morgan fingerprint density at radius 2 is 2.00 bits per heavy atom. The third-order valence-electron chi connectivity index (χ3n) is 4.20. The lowest BCUT2D eigenvalue weighted by Gasteiger charge is -2.23. The van der Waals surface area contributed by atoms with Gasteiger partial charge in [0.05, 0.1) is 0 Å². The lowest BCUT2D eigenvalue weighted by atomic mass is 10.1. The Hall–Kier alpha value is -1.32. The largest absolute Gasteiger partial charge is 0.370 e. The van der Waals surface area contributed by atoms with Gasteiger partial charge in [-0.25, -0.2) is 9.97 Å². The van der Waals surface area contributed by atoms with E-state index < -0.39 is 0 Å². The van der Waals surface area contributed by atoms with E-state index in [1.165, 1.54) is 25.7 Å². The molecule has 1 N–H and O–H groups in total. The smallest absolute Gasteiger partial charge is 0.135 e. The summed E-state index contributed by atoms with van der Waals surface area (Å²) < 4.78 is 0. The molecule has 0 aromatic carbocycles. The van der Waals surface area contributed by atoms with Gasteiger partial charge in [-0.1, -0.05) is 33.6 Å². The number of anilines is 2. The van der Waals surface area contributed by atoms with E-state index >= 15 is 0 Å². The predicted octanol–water partition coefficient (Wildman–Crippen LogP) is 4.05. The van der Waals surface area contributed by atoms with Crippen LogP contribution in [0.1, 0.15) is 64.6 Å². The van der Waals surface area contributed by atoms with Crippen molar-refractivity contribution in [2.45, 2.75) is 58.8 Å². The highest BCUT2D eigenvalue weighted by Gasteiger charge is 2.18. The van der Waals surface area contributed by atoms with E-state index in [0.717, 1.165) is 42.9 Å². The van der Waals surface area contributed by atoms with Crippen molar-refractivity contribution in [1.82, 2.24) is 9.97 Å². The molecule has 2 rings (SSSR count). The van der Waals surface area contributed by atoms with Crippen LogP contribution in [0.2, 0.25) is 0 Å². The van der Waals surface area contributed by atoms with E-state index in [0.29, 0.717) is 5.92 Å². The Morgan fingerprint density at radius 3 is 2.62 bits per heavy atom. The van der Waals surface area contributed by atoms with E-state index in [9.17, 15) is 0 Å². The van der Waals surface area contributed by atoms with Crippen molar-refractivity contribution >= 4 is 11.6 Å². The summed E-state index contributed by atoms with van der Waals surface area (Å²) in [4.78, 5) is 11.7. The average molecular weight is 290 g/mol. The number of hydrogen-bond donors (Lipinski definition) is 1. The van der Waals surface area contributed by atoms with Gasteiger partial charge in [0.1, 0.15) is 17.5 Å². The summed E-state index contributed by atoms with van der Waals surface area (Å²) in [6.45, 7) is 8.55. The van der Waals surface area contributed by atoms with Gasteiger partial charge in [0, 0.05) is 32.1 Å². The SMILES string of the molecule is CCCNc1cc(N(C)CC2CCCC2)nc(C(C)C)n1. The molecule has 1 aromatic heterocycles. The van der Waals surface area contributed by atoms with Crippen LogP contribution in [0, 0.1) is 5.92 Å². The molecule has 4 heteroatoms. The molecular formula is C17H30N4. The van der Waals surface area contributed by atoms with Gasteiger partial charge in [0.25, 0.3) is 0 Å². The molecular weight excluding hydrogens is 260 g/mol. The van der Waals surface area contributed by atoms with Gasteiger partial charge in [-0.3, -0.25) is 0 Å². The highest BCUT2D eigenvalue weighted by molar-refractivity contribution is 5.49. The summed E-state index contributed by atoms with van der Waals surface area (Å²) in [5.41, 5.74) is 0. The molecule has 118 valence electrons. The number of rotatable bonds is 7. The van der Waals surface area contributed by atoms with Crippen molar-refractivity contribution < 1.29 is 0 Å². The zero-order valence-electron chi connectivity index (χ0n) is 14.0. The first kappa shape index (κ1) is 16.1. The molecule has 1 fully saturated rings. The Morgan fingerprint density at radius 1 is 1.29 bits per heavy atom. The number of nitrogens with one attached hydrogen (secondary N) is 1. The Labute approximate surface area is 129 Å². The summed E-state index contributed by atoms with van der Waals surface area (Å²) in [6, 6.07) is 2.09. The average Bonchev–Trinajstić information content (AvgIpc) is 2.97. The van der Waals surface area contributed by atoms with Gasteiger partial charge in [-0.05, 0) is 25.2 Å². The molecule has 21 heavy (non-hydrogen) atoms. The lowest BCUT2D eigenvalue weighted by Crippen LogP contribution is -2.25. The molecule has 1 aromatic rings. The molecule has 1 heterocycles. The summed E-state index contributed by atoms with van der Waals surface area (Å²) in [6.07, 6.45) is 6.63. The van der Waals surface area contributed by atoms with Crippen LogP contribution in [0.3, 0.4) is 0 Å². The van der Waals surface area contributed by atoms with Crippen molar-refractivity contribution in [2.75, 3.05) is 30.4 Å². The number of hydrogen-bond acceptors (Lipinski definition) is 4. The molecule has 1 aliphatic carbocycles. The Balaban J connectivity index is 2.13. The molecule has 0 radical (unpaired) electrons. The minimum absolute atomic E-state index is 0.354. The predicted molar refractivity (Wildman–Crippen MR) is 90.1 cm³/mol. The van der Waals surface area contributed by atoms with Crippen LogP contribution < -0.4 is 10.2 Å². The van der Waals surface area contributed by atoms with Gasteiger partial charge in [0.2, 0.25) is 0 Å². The molecule has 0 spiro atoms. The molecule has 1 saturated carbocycles. The van der Waals surface area contributed by atoms with Crippen molar-refractivity contribution in [1.29, 1.82) is 0 Å².